The van der Waals surface area contributed by atoms with E-state index in [1.807, 2.05) is 0 Å². The fourth-order valence-electron chi connectivity index (χ4n) is 1.57. The van der Waals surface area contributed by atoms with Gasteiger partial charge in [0.2, 0.25) is 0 Å². The van der Waals surface area contributed by atoms with Gasteiger partial charge in [0.25, 0.3) is 5.91 Å². The summed E-state index contributed by atoms with van der Waals surface area (Å²) in [5, 5.41) is 2.40. The number of pyridine rings is 1. The van der Waals surface area contributed by atoms with Crippen LogP contribution < -0.4 is 11.1 Å². The molecule has 2 rings (SSSR count). The lowest BCUT2D eigenvalue weighted by Gasteiger charge is -2.08. The number of nitrogens with zero attached hydrogens (tertiary/aromatic N) is 1. The number of anilines is 1. The summed E-state index contributed by atoms with van der Waals surface area (Å²) in [5.74, 6) is -1.89. The second kappa shape index (κ2) is 5.43. The molecule has 3 N–H and O–H groups in total. The molecule has 0 radical (unpaired) electrons. The molecule has 0 aliphatic heterocycles. The van der Waals surface area contributed by atoms with Crippen molar-refractivity contribution >= 4 is 11.7 Å². The number of rotatable bonds is 3. The zero-order valence-electron chi connectivity index (χ0n) is 9.86. The minimum absolute atomic E-state index is 0.0639. The van der Waals surface area contributed by atoms with E-state index in [4.69, 9.17) is 5.73 Å². The molecule has 1 heterocycles. The van der Waals surface area contributed by atoms with Crippen LogP contribution in [0.1, 0.15) is 15.9 Å². The van der Waals surface area contributed by atoms with Crippen molar-refractivity contribution in [3.05, 3.63) is 59.3 Å². The first-order valence-corrected chi connectivity index (χ1v) is 5.51. The van der Waals surface area contributed by atoms with Crippen LogP contribution in [-0.2, 0) is 6.54 Å². The molecule has 0 spiro atoms. The second-order valence-electron chi connectivity index (χ2n) is 3.82. The molecule has 0 aliphatic carbocycles. The first kappa shape index (κ1) is 12.9. The van der Waals surface area contributed by atoms with Gasteiger partial charge < -0.3 is 11.1 Å². The van der Waals surface area contributed by atoms with Crippen LogP contribution in [0.4, 0.5) is 14.6 Å². The van der Waals surface area contributed by atoms with Gasteiger partial charge >= 0.3 is 0 Å². The number of aromatic nitrogens is 1. The van der Waals surface area contributed by atoms with Crippen molar-refractivity contribution in [2.75, 3.05) is 5.73 Å². The lowest BCUT2D eigenvalue weighted by atomic mass is 10.2. The van der Waals surface area contributed by atoms with E-state index in [1.165, 1.54) is 18.3 Å². The van der Waals surface area contributed by atoms with Crippen molar-refractivity contribution in [2.45, 2.75) is 6.54 Å². The van der Waals surface area contributed by atoms with Gasteiger partial charge in [-0.25, -0.2) is 13.8 Å². The first-order valence-electron chi connectivity index (χ1n) is 5.51. The predicted octanol–water partition coefficient (Wildman–Crippen LogP) is 1.87. The van der Waals surface area contributed by atoms with Gasteiger partial charge in [-0.3, -0.25) is 4.79 Å². The Morgan fingerprint density at radius 2 is 1.89 bits per heavy atom. The fourth-order valence-corrected chi connectivity index (χ4v) is 1.57. The van der Waals surface area contributed by atoms with E-state index >= 15 is 0 Å². The Hall–Kier alpha value is -2.50. The first-order chi connectivity index (χ1) is 9.09. The number of hydrogen-bond donors (Lipinski definition) is 2. The SMILES string of the molecule is Nc1ncccc1C(=O)NCc1c(F)cccc1F. The number of carbonyl (C=O) groups is 1. The summed E-state index contributed by atoms with van der Waals surface area (Å²) in [6.07, 6.45) is 1.45. The molecule has 0 saturated carbocycles. The highest BCUT2D eigenvalue weighted by Crippen LogP contribution is 2.12. The van der Waals surface area contributed by atoms with E-state index in [9.17, 15) is 13.6 Å². The molecule has 98 valence electrons. The van der Waals surface area contributed by atoms with Gasteiger partial charge in [0.1, 0.15) is 17.5 Å². The van der Waals surface area contributed by atoms with Crippen LogP contribution in [0, 0.1) is 11.6 Å². The quantitative estimate of drug-likeness (QED) is 0.888. The minimum Gasteiger partial charge on any atom is -0.383 e. The normalized spacial score (nSPS) is 10.2. The maximum absolute atomic E-state index is 13.4. The third kappa shape index (κ3) is 2.85. The van der Waals surface area contributed by atoms with E-state index < -0.39 is 17.5 Å². The van der Waals surface area contributed by atoms with Crippen molar-refractivity contribution in [1.82, 2.24) is 10.3 Å². The van der Waals surface area contributed by atoms with Crippen LogP contribution in [0.15, 0.2) is 36.5 Å². The van der Waals surface area contributed by atoms with E-state index in [0.717, 1.165) is 12.1 Å². The maximum atomic E-state index is 13.4. The van der Waals surface area contributed by atoms with Gasteiger partial charge in [-0.2, -0.15) is 0 Å². The molecule has 0 aliphatic rings. The highest BCUT2D eigenvalue weighted by Gasteiger charge is 2.13. The van der Waals surface area contributed by atoms with Crippen molar-refractivity contribution in [2.24, 2.45) is 0 Å². The largest absolute Gasteiger partial charge is 0.383 e. The highest BCUT2D eigenvalue weighted by molar-refractivity contribution is 5.98. The Morgan fingerprint density at radius 3 is 2.53 bits per heavy atom. The number of amides is 1. The van der Waals surface area contributed by atoms with E-state index in [-0.39, 0.29) is 23.5 Å². The molecule has 2 aromatic rings. The van der Waals surface area contributed by atoms with Gasteiger partial charge in [-0.15, -0.1) is 0 Å². The van der Waals surface area contributed by atoms with Gasteiger partial charge in [0.15, 0.2) is 0 Å². The Bertz CT molecular complexity index is 596. The lowest BCUT2D eigenvalue weighted by molar-refractivity contribution is 0.0951. The summed E-state index contributed by atoms with van der Waals surface area (Å²) >= 11 is 0. The third-order valence-corrected chi connectivity index (χ3v) is 2.57. The summed E-state index contributed by atoms with van der Waals surface area (Å²) in [7, 11) is 0. The van der Waals surface area contributed by atoms with Crippen LogP contribution >= 0.6 is 0 Å². The monoisotopic (exact) mass is 263 g/mol. The smallest absolute Gasteiger partial charge is 0.255 e. The van der Waals surface area contributed by atoms with Crippen molar-refractivity contribution in [3.8, 4) is 0 Å². The summed E-state index contributed by atoms with van der Waals surface area (Å²) in [6, 6.07) is 6.55. The lowest BCUT2D eigenvalue weighted by Crippen LogP contribution is -2.25. The number of benzene rings is 1. The maximum Gasteiger partial charge on any atom is 0.255 e. The molecule has 0 atom stereocenters. The van der Waals surface area contributed by atoms with Crippen LogP contribution in [0.3, 0.4) is 0 Å². The van der Waals surface area contributed by atoms with Crippen LogP contribution in [0.25, 0.3) is 0 Å². The van der Waals surface area contributed by atoms with Crippen LogP contribution in [0.5, 0.6) is 0 Å². The average Bonchev–Trinajstić information content (AvgIpc) is 2.38. The Kier molecular flexibility index (Phi) is 3.70. The number of hydrogen-bond acceptors (Lipinski definition) is 3. The Balaban J connectivity index is 2.11. The number of carbonyl (C=O) groups excluding carboxylic acids is 1. The zero-order chi connectivity index (χ0) is 13.8. The third-order valence-electron chi connectivity index (χ3n) is 2.57. The number of halogens is 2. The Labute approximate surface area is 108 Å². The fraction of sp³-hybridized carbons (Fsp3) is 0.0769. The molecule has 4 nitrogen and oxygen atoms in total. The van der Waals surface area contributed by atoms with Gasteiger partial charge in [0.05, 0.1) is 5.56 Å². The molecular formula is C13H11F2N3O. The number of nitrogens with one attached hydrogen (secondary N) is 1. The molecule has 19 heavy (non-hydrogen) atoms. The van der Waals surface area contributed by atoms with E-state index in [1.54, 1.807) is 6.07 Å². The van der Waals surface area contributed by atoms with Crippen LogP contribution in [-0.4, -0.2) is 10.9 Å². The summed E-state index contributed by atoms with van der Waals surface area (Å²) in [5.41, 5.74) is 5.50. The predicted molar refractivity (Wildman–Crippen MR) is 66.2 cm³/mol. The summed E-state index contributed by atoms with van der Waals surface area (Å²) in [4.78, 5) is 15.5. The average molecular weight is 263 g/mol. The molecule has 1 aromatic carbocycles. The molecular weight excluding hydrogens is 252 g/mol. The standard InChI is InChI=1S/C13H11F2N3O/c14-10-4-1-5-11(15)9(10)7-18-13(19)8-3-2-6-17-12(8)16/h1-6H,7H2,(H2,16,17)(H,18,19). The zero-order valence-corrected chi connectivity index (χ0v) is 9.86. The molecule has 6 heteroatoms. The molecule has 0 fully saturated rings. The number of nitrogens with two attached hydrogens (primary N) is 1. The molecule has 1 amide bonds. The van der Waals surface area contributed by atoms with Crippen molar-refractivity contribution in [3.63, 3.8) is 0 Å². The molecule has 0 bridgehead atoms. The van der Waals surface area contributed by atoms with Crippen LogP contribution in [0.2, 0.25) is 0 Å². The molecule has 0 unspecified atom stereocenters. The molecule has 0 saturated heterocycles. The van der Waals surface area contributed by atoms with E-state index in [2.05, 4.69) is 10.3 Å². The number of nitrogen functional groups attached to an aromatic ring is 1. The highest BCUT2D eigenvalue weighted by atomic mass is 19.1. The van der Waals surface area contributed by atoms with Crippen molar-refractivity contribution < 1.29 is 13.6 Å². The summed E-state index contributed by atoms with van der Waals surface area (Å²) in [6.45, 7) is -0.258. The van der Waals surface area contributed by atoms with Gasteiger partial charge in [0, 0.05) is 18.3 Å². The molecule has 1 aromatic heterocycles. The van der Waals surface area contributed by atoms with E-state index in [0.29, 0.717) is 0 Å². The van der Waals surface area contributed by atoms with Gasteiger partial charge in [-0.1, -0.05) is 6.07 Å². The Morgan fingerprint density at radius 1 is 1.21 bits per heavy atom. The minimum atomic E-state index is -0.709. The second-order valence-corrected chi connectivity index (χ2v) is 3.82. The summed E-state index contributed by atoms with van der Waals surface area (Å²) < 4.78 is 26.7. The van der Waals surface area contributed by atoms with Crippen molar-refractivity contribution in [1.29, 1.82) is 0 Å². The van der Waals surface area contributed by atoms with Gasteiger partial charge in [-0.05, 0) is 24.3 Å². The topological polar surface area (TPSA) is 68.0 Å².